The van der Waals surface area contributed by atoms with Crippen LogP contribution in [0.2, 0.25) is 0 Å². The van der Waals surface area contributed by atoms with Crippen molar-refractivity contribution >= 4 is 11.6 Å². The van der Waals surface area contributed by atoms with Gasteiger partial charge in [-0.2, -0.15) is 0 Å². The van der Waals surface area contributed by atoms with Gasteiger partial charge in [-0.1, -0.05) is 60.7 Å². The van der Waals surface area contributed by atoms with Gasteiger partial charge in [0.1, 0.15) is 5.75 Å². The zero-order valence-corrected chi connectivity index (χ0v) is 18.9. The molecule has 164 valence electrons. The van der Waals surface area contributed by atoms with E-state index in [1.54, 1.807) is 0 Å². The second-order valence-electron chi connectivity index (χ2n) is 7.81. The van der Waals surface area contributed by atoms with E-state index < -0.39 is 0 Å². The van der Waals surface area contributed by atoms with Gasteiger partial charge in [-0.05, 0) is 36.6 Å². The second-order valence-corrected chi connectivity index (χ2v) is 7.81. The molecule has 0 amide bonds. The number of rotatable bonds is 8. The van der Waals surface area contributed by atoms with Crippen molar-refractivity contribution in [3.63, 3.8) is 0 Å². The van der Waals surface area contributed by atoms with E-state index in [9.17, 15) is 5.11 Å². The van der Waals surface area contributed by atoms with Crippen molar-refractivity contribution in [1.29, 1.82) is 0 Å². The fraction of sp³-hybridized carbons (Fsp3) is 0.222. The lowest BCUT2D eigenvalue weighted by atomic mass is 10.0. The Morgan fingerprint density at radius 1 is 0.875 bits per heavy atom. The summed E-state index contributed by atoms with van der Waals surface area (Å²) in [5.74, 6) is 1.06. The molecule has 0 aliphatic carbocycles. The number of benzene rings is 3. The van der Waals surface area contributed by atoms with Gasteiger partial charge >= 0.3 is 0 Å². The van der Waals surface area contributed by atoms with Gasteiger partial charge in [0.2, 0.25) is 5.95 Å². The van der Waals surface area contributed by atoms with Gasteiger partial charge < -0.3 is 19.9 Å². The average Bonchev–Trinajstić information content (AvgIpc) is 3.20. The predicted molar refractivity (Wildman–Crippen MR) is 133 cm³/mol. The monoisotopic (exact) mass is 426 g/mol. The topological polar surface area (TPSA) is 53.3 Å². The summed E-state index contributed by atoms with van der Waals surface area (Å²) >= 11 is 0. The Hall–Kier alpha value is -3.73. The molecule has 1 aromatic heterocycles. The highest BCUT2D eigenvalue weighted by molar-refractivity contribution is 5.69. The largest absolute Gasteiger partial charge is 0.508 e. The molecule has 0 saturated heterocycles. The molecule has 5 heteroatoms. The molecule has 3 aromatic carbocycles. The van der Waals surface area contributed by atoms with E-state index in [-0.39, 0.29) is 0 Å². The second kappa shape index (κ2) is 9.60. The minimum absolute atomic E-state index is 0.299. The molecule has 0 aliphatic heterocycles. The number of aromatic nitrogens is 2. The van der Waals surface area contributed by atoms with Gasteiger partial charge in [0, 0.05) is 44.0 Å². The normalized spacial score (nSPS) is 10.8. The summed E-state index contributed by atoms with van der Waals surface area (Å²) in [5, 5.41) is 13.8. The highest BCUT2D eigenvalue weighted by atomic mass is 16.3. The molecule has 0 aliphatic rings. The Kier molecular flexibility index (Phi) is 6.45. The SMILES string of the molecule is CCN(CC)c1ccc(CNc2ncc(-c3ccc(-c4ccccc4)cc3)n2C)c(O)c1. The molecule has 4 rings (SSSR count). The van der Waals surface area contributed by atoms with Crippen LogP contribution in [-0.2, 0) is 13.6 Å². The summed E-state index contributed by atoms with van der Waals surface area (Å²) in [6.45, 7) is 6.56. The van der Waals surface area contributed by atoms with E-state index in [0.29, 0.717) is 12.3 Å². The van der Waals surface area contributed by atoms with Crippen molar-refractivity contribution < 1.29 is 5.11 Å². The summed E-state index contributed by atoms with van der Waals surface area (Å²) < 4.78 is 2.04. The first-order valence-corrected chi connectivity index (χ1v) is 11.1. The number of hydrogen-bond donors (Lipinski definition) is 2. The lowest BCUT2D eigenvalue weighted by Crippen LogP contribution is -2.21. The predicted octanol–water partition coefficient (Wildman–Crippen LogP) is 5.92. The Balaban J connectivity index is 1.47. The molecular weight excluding hydrogens is 396 g/mol. The number of nitrogens with one attached hydrogen (secondary N) is 1. The van der Waals surface area contributed by atoms with Crippen molar-refractivity contribution in [1.82, 2.24) is 9.55 Å². The van der Waals surface area contributed by atoms with E-state index >= 15 is 0 Å². The Bertz CT molecular complexity index is 1160. The Morgan fingerprint density at radius 3 is 2.19 bits per heavy atom. The summed E-state index contributed by atoms with van der Waals surface area (Å²) in [6.07, 6.45) is 1.88. The van der Waals surface area contributed by atoms with Gasteiger partial charge in [-0.25, -0.2) is 4.98 Å². The van der Waals surface area contributed by atoms with Gasteiger partial charge in [0.15, 0.2) is 0 Å². The third-order valence-electron chi connectivity index (χ3n) is 5.91. The summed E-state index contributed by atoms with van der Waals surface area (Å²) in [5.41, 5.74) is 6.43. The van der Waals surface area contributed by atoms with Crippen molar-refractivity contribution in [3.8, 4) is 28.1 Å². The smallest absolute Gasteiger partial charge is 0.203 e. The van der Waals surface area contributed by atoms with E-state index in [4.69, 9.17) is 0 Å². The first-order chi connectivity index (χ1) is 15.6. The van der Waals surface area contributed by atoms with Gasteiger partial charge in [-0.3, -0.25) is 0 Å². The highest BCUT2D eigenvalue weighted by Crippen LogP contribution is 2.28. The van der Waals surface area contributed by atoms with Crippen LogP contribution in [0.15, 0.2) is 79.0 Å². The van der Waals surface area contributed by atoms with Gasteiger partial charge in [-0.15, -0.1) is 0 Å². The van der Waals surface area contributed by atoms with Crippen LogP contribution in [0.25, 0.3) is 22.4 Å². The van der Waals surface area contributed by atoms with E-state index in [0.717, 1.165) is 41.5 Å². The lowest BCUT2D eigenvalue weighted by Gasteiger charge is -2.21. The van der Waals surface area contributed by atoms with Crippen LogP contribution in [0.4, 0.5) is 11.6 Å². The maximum absolute atomic E-state index is 10.5. The third-order valence-corrected chi connectivity index (χ3v) is 5.91. The quantitative estimate of drug-likeness (QED) is 0.367. The van der Waals surface area contributed by atoms with Crippen LogP contribution in [0.5, 0.6) is 5.75 Å². The first kappa shape index (κ1) is 21.5. The van der Waals surface area contributed by atoms with Crippen LogP contribution in [0.3, 0.4) is 0 Å². The molecule has 1 heterocycles. The molecule has 2 N–H and O–H groups in total. The van der Waals surface area contributed by atoms with Crippen LogP contribution in [-0.4, -0.2) is 27.7 Å². The molecule has 0 fully saturated rings. The maximum Gasteiger partial charge on any atom is 0.203 e. The number of imidazole rings is 1. The van der Waals surface area contributed by atoms with Crippen molar-refractivity contribution in [3.05, 3.63) is 84.6 Å². The summed E-state index contributed by atoms with van der Waals surface area (Å²) in [6, 6.07) is 24.8. The Labute approximate surface area is 190 Å². The first-order valence-electron chi connectivity index (χ1n) is 11.1. The Morgan fingerprint density at radius 2 is 1.53 bits per heavy atom. The van der Waals surface area contributed by atoms with E-state index in [1.807, 2.05) is 36.0 Å². The fourth-order valence-electron chi connectivity index (χ4n) is 3.97. The molecule has 0 bridgehead atoms. The van der Waals surface area contributed by atoms with Crippen LogP contribution < -0.4 is 10.2 Å². The third kappa shape index (κ3) is 4.47. The standard InChI is InChI=1S/C27H30N4O/c1-4-31(5-2)24-16-15-23(26(32)17-24)18-28-27-29-19-25(30(27)3)22-13-11-21(12-14-22)20-9-7-6-8-10-20/h6-17,19,32H,4-5,18H2,1-3H3,(H,28,29). The van der Waals surface area contributed by atoms with E-state index in [2.05, 4.69) is 83.6 Å². The van der Waals surface area contributed by atoms with Crippen molar-refractivity contribution in [2.45, 2.75) is 20.4 Å². The van der Waals surface area contributed by atoms with E-state index in [1.165, 1.54) is 11.1 Å². The van der Waals surface area contributed by atoms with Gasteiger partial charge in [0.25, 0.3) is 0 Å². The molecule has 0 saturated carbocycles. The number of phenols is 1. The number of hydrogen-bond acceptors (Lipinski definition) is 4. The zero-order chi connectivity index (χ0) is 22.5. The van der Waals surface area contributed by atoms with Crippen LogP contribution in [0.1, 0.15) is 19.4 Å². The average molecular weight is 427 g/mol. The summed E-state index contributed by atoms with van der Waals surface area (Å²) in [4.78, 5) is 6.77. The molecule has 5 nitrogen and oxygen atoms in total. The number of nitrogens with zero attached hydrogens (tertiary/aromatic N) is 3. The number of aromatic hydroxyl groups is 1. The minimum Gasteiger partial charge on any atom is -0.508 e. The number of anilines is 2. The molecule has 0 spiro atoms. The fourth-order valence-corrected chi connectivity index (χ4v) is 3.97. The van der Waals surface area contributed by atoms with Crippen molar-refractivity contribution in [2.75, 3.05) is 23.3 Å². The molecule has 4 aromatic rings. The summed E-state index contributed by atoms with van der Waals surface area (Å²) in [7, 11) is 2.00. The van der Waals surface area contributed by atoms with Crippen molar-refractivity contribution in [2.24, 2.45) is 7.05 Å². The van der Waals surface area contributed by atoms with Crippen LogP contribution in [0, 0.1) is 0 Å². The molecule has 32 heavy (non-hydrogen) atoms. The molecule has 0 unspecified atom stereocenters. The lowest BCUT2D eigenvalue weighted by molar-refractivity contribution is 0.469. The van der Waals surface area contributed by atoms with Gasteiger partial charge in [0.05, 0.1) is 11.9 Å². The number of phenolic OH excluding ortho intramolecular Hbond substituents is 1. The minimum atomic E-state index is 0.299. The zero-order valence-electron chi connectivity index (χ0n) is 18.9. The van der Waals surface area contributed by atoms with Crippen LogP contribution >= 0.6 is 0 Å². The molecule has 0 radical (unpaired) electrons. The highest BCUT2D eigenvalue weighted by Gasteiger charge is 2.11. The molecule has 0 atom stereocenters. The maximum atomic E-state index is 10.5. The molecular formula is C27H30N4O.